The number of hydrogen-bond acceptors (Lipinski definition) is 4. The number of piperidine rings is 1. The Morgan fingerprint density at radius 1 is 1.62 bits per heavy atom. The molecule has 1 aliphatic heterocycles. The van der Waals surface area contributed by atoms with Crippen LogP contribution in [-0.4, -0.2) is 34.7 Å². The van der Waals surface area contributed by atoms with E-state index < -0.39 is 0 Å². The maximum atomic E-state index is 6.10. The molecule has 1 saturated heterocycles. The Bertz CT molecular complexity index is 522. The summed E-state index contributed by atoms with van der Waals surface area (Å²) in [5, 5.41) is 6.78. The number of rotatable bonds is 4. The van der Waals surface area contributed by atoms with Gasteiger partial charge in [0.1, 0.15) is 11.0 Å². The molecule has 5 nitrogen and oxygen atoms in total. The first-order valence-electron chi connectivity index (χ1n) is 7.03. The fourth-order valence-corrected chi connectivity index (χ4v) is 2.68. The van der Waals surface area contributed by atoms with Crippen molar-refractivity contribution in [1.29, 1.82) is 0 Å². The average molecular weight is 326 g/mol. The molecular weight excluding hydrogens is 306 g/mol. The van der Waals surface area contributed by atoms with Crippen molar-refractivity contribution < 1.29 is 0 Å². The highest BCUT2D eigenvalue weighted by molar-refractivity contribution is 7.80. The summed E-state index contributed by atoms with van der Waals surface area (Å²) in [5.74, 6) is 1.92. The van der Waals surface area contributed by atoms with Gasteiger partial charge in [-0.15, -0.1) is 6.58 Å². The van der Waals surface area contributed by atoms with Crippen LogP contribution in [-0.2, 0) is 0 Å². The Labute approximate surface area is 135 Å². The van der Waals surface area contributed by atoms with E-state index in [1.165, 1.54) is 12.8 Å². The molecule has 2 N–H and O–H groups in total. The van der Waals surface area contributed by atoms with E-state index in [0.717, 1.165) is 18.9 Å². The summed E-state index contributed by atoms with van der Waals surface area (Å²) in [6.07, 6.45) is 4.16. The van der Waals surface area contributed by atoms with E-state index in [2.05, 4.69) is 39.0 Å². The third kappa shape index (κ3) is 4.82. The number of aromatic nitrogens is 2. The van der Waals surface area contributed by atoms with Crippen molar-refractivity contribution in [3.05, 3.63) is 23.9 Å². The Morgan fingerprint density at radius 2 is 2.43 bits per heavy atom. The summed E-state index contributed by atoms with van der Waals surface area (Å²) in [7, 11) is 0. The van der Waals surface area contributed by atoms with Crippen molar-refractivity contribution in [2.45, 2.75) is 19.8 Å². The molecule has 0 unspecified atom stereocenters. The van der Waals surface area contributed by atoms with Gasteiger partial charge in [-0.2, -0.15) is 4.98 Å². The van der Waals surface area contributed by atoms with E-state index in [9.17, 15) is 0 Å². The second kappa shape index (κ2) is 7.56. The molecule has 1 fully saturated rings. The molecule has 0 radical (unpaired) electrons. The number of nitrogens with zero attached hydrogens (tertiary/aromatic N) is 3. The Hall–Kier alpha value is -1.40. The summed E-state index contributed by atoms with van der Waals surface area (Å²) >= 11 is 11.3. The van der Waals surface area contributed by atoms with Gasteiger partial charge in [-0.1, -0.05) is 24.6 Å². The van der Waals surface area contributed by atoms with E-state index in [-0.39, 0.29) is 0 Å². The zero-order chi connectivity index (χ0) is 15.2. The second-order valence-electron chi connectivity index (χ2n) is 5.19. The lowest BCUT2D eigenvalue weighted by molar-refractivity contribution is 0.444. The fourth-order valence-electron chi connectivity index (χ4n) is 2.33. The van der Waals surface area contributed by atoms with Crippen LogP contribution in [0, 0.1) is 5.92 Å². The Kier molecular flexibility index (Phi) is 5.76. The summed E-state index contributed by atoms with van der Waals surface area (Å²) in [6.45, 7) is 8.45. The number of thiocarbonyl (C=S) groups is 1. The van der Waals surface area contributed by atoms with Gasteiger partial charge in [-0.25, -0.2) is 4.98 Å². The molecule has 21 heavy (non-hydrogen) atoms. The zero-order valence-corrected chi connectivity index (χ0v) is 13.7. The molecule has 1 atom stereocenters. The minimum Gasteiger partial charge on any atom is -0.359 e. The molecule has 0 aliphatic carbocycles. The molecule has 7 heteroatoms. The first kappa shape index (κ1) is 16.0. The van der Waals surface area contributed by atoms with Crippen molar-refractivity contribution in [3.63, 3.8) is 0 Å². The predicted molar refractivity (Wildman–Crippen MR) is 92.1 cm³/mol. The maximum absolute atomic E-state index is 6.10. The molecule has 2 heterocycles. The molecule has 0 bridgehead atoms. The van der Waals surface area contributed by atoms with Gasteiger partial charge in [0.15, 0.2) is 5.11 Å². The van der Waals surface area contributed by atoms with E-state index in [1.54, 1.807) is 12.1 Å². The SMILES string of the molecule is C=CCNC(=S)Nc1nc(Cl)cc(N2CCC[C@H](C)C2)n1. The molecule has 114 valence electrons. The standard InChI is InChI=1S/C14H20ClN5S/c1-3-6-16-14(21)19-13-17-11(15)8-12(18-13)20-7-4-5-10(2)9-20/h3,8,10H,1,4-7,9H2,2H3,(H2,16,17,18,19,21)/t10-/m0/s1. The molecule has 1 aliphatic rings. The van der Waals surface area contributed by atoms with Crippen LogP contribution in [0.2, 0.25) is 5.15 Å². The van der Waals surface area contributed by atoms with Gasteiger partial charge in [-0.05, 0) is 31.0 Å². The van der Waals surface area contributed by atoms with Crippen LogP contribution < -0.4 is 15.5 Å². The molecule has 1 aromatic rings. The first-order valence-corrected chi connectivity index (χ1v) is 7.82. The molecule has 0 saturated carbocycles. The lowest BCUT2D eigenvalue weighted by atomic mass is 10.0. The number of anilines is 2. The van der Waals surface area contributed by atoms with Gasteiger partial charge in [0, 0.05) is 25.7 Å². The largest absolute Gasteiger partial charge is 0.359 e. The van der Waals surface area contributed by atoms with Crippen molar-refractivity contribution in [3.8, 4) is 0 Å². The van der Waals surface area contributed by atoms with E-state index >= 15 is 0 Å². The second-order valence-corrected chi connectivity index (χ2v) is 5.99. The van der Waals surface area contributed by atoms with Crippen LogP contribution in [0.3, 0.4) is 0 Å². The highest BCUT2D eigenvalue weighted by atomic mass is 35.5. The lowest BCUT2D eigenvalue weighted by Crippen LogP contribution is -2.35. The molecule has 0 amide bonds. The van der Waals surface area contributed by atoms with Gasteiger partial charge in [0.05, 0.1) is 0 Å². The predicted octanol–water partition coefficient (Wildman–Crippen LogP) is 2.84. The van der Waals surface area contributed by atoms with Crippen LogP contribution in [0.5, 0.6) is 0 Å². The topological polar surface area (TPSA) is 53.1 Å². The van der Waals surface area contributed by atoms with Gasteiger partial charge in [0.2, 0.25) is 5.95 Å². The number of nitrogens with one attached hydrogen (secondary N) is 2. The average Bonchev–Trinajstić information content (AvgIpc) is 2.44. The van der Waals surface area contributed by atoms with Crippen LogP contribution in [0.25, 0.3) is 0 Å². The molecule has 0 aromatic carbocycles. The van der Waals surface area contributed by atoms with Crippen molar-refractivity contribution in [2.75, 3.05) is 29.9 Å². The molecular formula is C14H20ClN5S. The molecule has 1 aromatic heterocycles. The van der Waals surface area contributed by atoms with Crippen LogP contribution in [0.4, 0.5) is 11.8 Å². The highest BCUT2D eigenvalue weighted by Crippen LogP contribution is 2.24. The van der Waals surface area contributed by atoms with Gasteiger partial charge in [-0.3, -0.25) is 0 Å². The monoisotopic (exact) mass is 325 g/mol. The highest BCUT2D eigenvalue weighted by Gasteiger charge is 2.19. The fraction of sp³-hybridized carbons (Fsp3) is 0.500. The van der Waals surface area contributed by atoms with Gasteiger partial charge >= 0.3 is 0 Å². The summed E-state index contributed by atoms with van der Waals surface area (Å²) in [4.78, 5) is 10.9. The normalized spacial score (nSPS) is 18.2. The van der Waals surface area contributed by atoms with Crippen LogP contribution >= 0.6 is 23.8 Å². The number of halogens is 1. The molecule has 0 spiro atoms. The Morgan fingerprint density at radius 3 is 3.14 bits per heavy atom. The zero-order valence-electron chi connectivity index (χ0n) is 12.1. The lowest BCUT2D eigenvalue weighted by Gasteiger charge is -2.32. The minimum absolute atomic E-state index is 0.409. The van der Waals surface area contributed by atoms with Gasteiger partial charge in [0.25, 0.3) is 0 Å². The quantitative estimate of drug-likeness (QED) is 0.504. The summed E-state index contributed by atoms with van der Waals surface area (Å²) < 4.78 is 0. The maximum Gasteiger partial charge on any atom is 0.232 e. The van der Waals surface area contributed by atoms with E-state index in [0.29, 0.717) is 28.7 Å². The minimum atomic E-state index is 0.409. The first-order chi connectivity index (χ1) is 10.1. The smallest absolute Gasteiger partial charge is 0.232 e. The van der Waals surface area contributed by atoms with E-state index in [1.807, 2.05) is 0 Å². The third-order valence-corrected chi connectivity index (χ3v) is 3.73. The summed E-state index contributed by atoms with van der Waals surface area (Å²) in [6, 6.07) is 1.80. The van der Waals surface area contributed by atoms with Gasteiger partial charge < -0.3 is 15.5 Å². The number of hydrogen-bond donors (Lipinski definition) is 2. The van der Waals surface area contributed by atoms with E-state index in [4.69, 9.17) is 23.8 Å². The Balaban J connectivity index is 2.09. The van der Waals surface area contributed by atoms with Crippen molar-refractivity contribution >= 4 is 40.7 Å². The van der Waals surface area contributed by atoms with Crippen LogP contribution in [0.1, 0.15) is 19.8 Å². The van der Waals surface area contributed by atoms with Crippen molar-refractivity contribution in [2.24, 2.45) is 5.92 Å². The van der Waals surface area contributed by atoms with Crippen LogP contribution in [0.15, 0.2) is 18.7 Å². The third-order valence-electron chi connectivity index (χ3n) is 3.29. The van der Waals surface area contributed by atoms with Crippen molar-refractivity contribution in [1.82, 2.24) is 15.3 Å². The summed E-state index contributed by atoms with van der Waals surface area (Å²) in [5.41, 5.74) is 0. The molecule has 2 rings (SSSR count).